The monoisotopic (exact) mass is 726 g/mol. The molecule has 0 saturated carbocycles. The van der Waals surface area contributed by atoms with Gasteiger partial charge in [0.25, 0.3) is 0 Å². The Morgan fingerprint density at radius 1 is 0.333 bits per heavy atom. The first kappa shape index (κ1) is 39.2. The molecule has 250 valence electrons. The molecule has 0 aliphatic rings. The van der Waals surface area contributed by atoms with E-state index in [-0.39, 0.29) is 38.3 Å². The zero-order chi connectivity index (χ0) is 33.7. The van der Waals surface area contributed by atoms with Gasteiger partial charge in [0.2, 0.25) is 0 Å². The van der Waals surface area contributed by atoms with Gasteiger partial charge in [-0.15, -0.1) is 70.1 Å². The second-order valence-corrected chi connectivity index (χ2v) is 13.1. The molecule has 0 aliphatic heterocycles. The molecule has 2 radical (unpaired) electrons. The van der Waals surface area contributed by atoms with Gasteiger partial charge >= 0.3 is 0 Å². The molecule has 8 rings (SSSR count). The average Bonchev–Trinajstić information content (AvgIpc) is 3.84. The van der Waals surface area contributed by atoms with Crippen molar-refractivity contribution >= 4 is 21.9 Å². The normalized spacial score (nSPS) is 9.92. The summed E-state index contributed by atoms with van der Waals surface area (Å²) in [4.78, 5) is 0. The van der Waals surface area contributed by atoms with Crippen molar-refractivity contribution in [3.8, 4) is 66.8 Å². The fourth-order valence-corrected chi connectivity index (χ4v) is 6.04. The zero-order valence-corrected chi connectivity index (χ0v) is 33.0. The van der Waals surface area contributed by atoms with E-state index < -0.39 is 0 Å². The van der Waals surface area contributed by atoms with Crippen LogP contribution in [0.5, 0.6) is 0 Å². The summed E-state index contributed by atoms with van der Waals surface area (Å²) in [5, 5.41) is 0. The van der Waals surface area contributed by atoms with Gasteiger partial charge in [-0.25, -0.2) is 0 Å². The van der Waals surface area contributed by atoms with Crippen LogP contribution in [-0.4, -0.2) is 9.52 Å². The third-order valence-corrected chi connectivity index (χ3v) is 8.33. The van der Waals surface area contributed by atoms with Gasteiger partial charge in [0.05, 0.1) is 0 Å². The van der Waals surface area contributed by atoms with E-state index in [1.165, 1.54) is 66.8 Å². The minimum Gasteiger partial charge on any atom is -0.147 e. The van der Waals surface area contributed by atoms with Crippen LogP contribution in [0.1, 0.15) is 0 Å². The number of hydrogen-bond donors (Lipinski definition) is 0. The molecule has 0 amide bonds. The van der Waals surface area contributed by atoms with E-state index in [4.69, 9.17) is 0 Å². The summed E-state index contributed by atoms with van der Waals surface area (Å²) in [6.45, 7) is 4.42. The van der Waals surface area contributed by atoms with Crippen LogP contribution in [0, 0.1) is 0 Å². The van der Waals surface area contributed by atoms with Gasteiger partial charge < -0.3 is 0 Å². The molecule has 8 aromatic rings. The summed E-state index contributed by atoms with van der Waals surface area (Å²) in [5.74, 6) is 0. The third-order valence-electron chi connectivity index (χ3n) is 8.33. The van der Waals surface area contributed by atoms with Gasteiger partial charge in [-0.3, -0.25) is 0 Å². The molecule has 0 saturated heterocycles. The molecule has 0 N–H and O–H groups in total. The Hall–Kier alpha value is -4.60. The van der Waals surface area contributed by atoms with Crippen LogP contribution in [-0.2, 0) is 25.8 Å². The van der Waals surface area contributed by atoms with Crippen LogP contribution in [0.3, 0.4) is 0 Å². The number of halogens is 1. The Morgan fingerprint density at radius 3 is 0.804 bits per heavy atom. The van der Waals surface area contributed by atoms with E-state index in [2.05, 4.69) is 219 Å². The van der Waals surface area contributed by atoms with Crippen LogP contribution >= 0.6 is 12.4 Å². The molecule has 0 nitrogen and oxygen atoms in total. The predicted octanol–water partition coefficient (Wildman–Crippen LogP) is 13.8. The fraction of sp³-hybridized carbons (Fsp3) is 0.0417. The topological polar surface area (TPSA) is 0 Å². The Kier molecular flexibility index (Phi) is 15.6. The first-order chi connectivity index (χ1) is 24.2. The predicted molar refractivity (Wildman–Crippen MR) is 223 cm³/mol. The quantitative estimate of drug-likeness (QED) is 0.118. The summed E-state index contributed by atoms with van der Waals surface area (Å²) >= 11 is 0. The van der Waals surface area contributed by atoms with Crippen molar-refractivity contribution < 1.29 is 25.8 Å². The smallest absolute Gasteiger partial charge is 0.0213 e. The van der Waals surface area contributed by atoms with E-state index >= 15 is 0 Å². The van der Waals surface area contributed by atoms with Gasteiger partial charge in [0.15, 0.2) is 0 Å². The third kappa shape index (κ3) is 10.2. The SMILES string of the molecule is C[SiH]C.Cl.[Sc].c1ccc(-c2cc(-c3ccccc3)c(-c3ccccc3)[cH-]2)cc1.c1ccc(-c2cc(-c3ccccc3)c(-c3ccccc3)[cH-]2)cc1. The van der Waals surface area contributed by atoms with Crippen molar-refractivity contribution in [2.75, 3.05) is 0 Å². The zero-order valence-electron chi connectivity index (χ0n) is 29.2. The van der Waals surface area contributed by atoms with Crippen LogP contribution in [0.15, 0.2) is 206 Å². The molecular weight excluding hydrogens is 685 g/mol. The van der Waals surface area contributed by atoms with Gasteiger partial charge in [-0.05, 0) is 0 Å². The first-order valence-electron chi connectivity index (χ1n) is 16.9. The molecule has 0 unspecified atom stereocenters. The van der Waals surface area contributed by atoms with Crippen LogP contribution < -0.4 is 0 Å². The Balaban J connectivity index is 0.000000205. The van der Waals surface area contributed by atoms with E-state index in [1.54, 1.807) is 0 Å². The van der Waals surface area contributed by atoms with Gasteiger partial charge in [-0.1, -0.05) is 228 Å². The molecule has 0 spiro atoms. The molecule has 0 atom stereocenters. The second-order valence-electron chi connectivity index (χ2n) is 11.9. The van der Waals surface area contributed by atoms with E-state index in [1.807, 2.05) is 0 Å². The van der Waals surface area contributed by atoms with E-state index in [0.29, 0.717) is 0 Å². The number of benzene rings is 6. The molecule has 0 fully saturated rings. The summed E-state index contributed by atoms with van der Waals surface area (Å²) in [6.07, 6.45) is 0. The second kappa shape index (κ2) is 20.3. The van der Waals surface area contributed by atoms with E-state index in [9.17, 15) is 0 Å². The van der Waals surface area contributed by atoms with Crippen LogP contribution in [0.4, 0.5) is 0 Å². The molecule has 51 heavy (non-hydrogen) atoms. The molecule has 0 aromatic heterocycles. The maximum atomic E-state index is 2.30. The Bertz CT molecular complexity index is 1850. The molecule has 0 aliphatic carbocycles. The summed E-state index contributed by atoms with van der Waals surface area (Å²) in [5.41, 5.74) is 15.2. The van der Waals surface area contributed by atoms with Crippen molar-refractivity contribution in [2.45, 2.75) is 13.1 Å². The molecule has 3 heteroatoms. The van der Waals surface area contributed by atoms with Crippen molar-refractivity contribution in [3.63, 3.8) is 0 Å². The number of hydrogen-bond acceptors (Lipinski definition) is 0. The van der Waals surface area contributed by atoms with Crippen molar-refractivity contribution in [1.82, 2.24) is 0 Å². The molecule has 0 heterocycles. The van der Waals surface area contributed by atoms with Crippen molar-refractivity contribution in [3.05, 3.63) is 206 Å². The standard InChI is InChI=1S/2C23H17.C2H7Si.ClH.Sc/c2*1-4-10-18(11-5-1)21-16-22(19-12-6-2-7-13-19)23(17-21)20-14-8-3-9-15-20;1-3-2;;/h2*1-17H;3H,1-2H3;1H;/q2*-1;;;. The van der Waals surface area contributed by atoms with Crippen molar-refractivity contribution in [2.24, 2.45) is 0 Å². The summed E-state index contributed by atoms with van der Waals surface area (Å²) in [6, 6.07) is 72.8. The molecular formula is C48H42ClScSi-2. The largest absolute Gasteiger partial charge is 0.147 e. The fourth-order valence-electron chi connectivity index (χ4n) is 6.04. The van der Waals surface area contributed by atoms with Crippen molar-refractivity contribution in [1.29, 1.82) is 0 Å². The number of rotatable bonds is 6. The molecule has 8 aromatic carbocycles. The van der Waals surface area contributed by atoms with Gasteiger partial charge in [-0.2, -0.15) is 0 Å². The Morgan fingerprint density at radius 2 is 0.549 bits per heavy atom. The summed E-state index contributed by atoms with van der Waals surface area (Å²) in [7, 11) is 0.750. The van der Waals surface area contributed by atoms with E-state index in [0.717, 1.165) is 9.52 Å². The Labute approximate surface area is 331 Å². The van der Waals surface area contributed by atoms with Gasteiger partial charge in [0.1, 0.15) is 0 Å². The minimum absolute atomic E-state index is 0. The summed E-state index contributed by atoms with van der Waals surface area (Å²) < 4.78 is 0. The maximum Gasteiger partial charge on any atom is 0.0213 e. The van der Waals surface area contributed by atoms with Gasteiger partial charge in [0, 0.05) is 35.4 Å². The van der Waals surface area contributed by atoms with Crippen LogP contribution in [0.25, 0.3) is 66.8 Å². The average molecular weight is 727 g/mol. The minimum atomic E-state index is 0. The first-order valence-corrected chi connectivity index (χ1v) is 19.2. The molecule has 0 bridgehead atoms. The van der Waals surface area contributed by atoms with Crippen LogP contribution in [0.2, 0.25) is 13.1 Å². The maximum absolute atomic E-state index is 2.30.